The molecule has 1 aromatic rings. The van der Waals surface area contributed by atoms with Crippen LogP contribution in [0, 0.1) is 5.92 Å². The number of unbranched alkanes of at least 4 members (excludes halogenated alkanes) is 1. The van der Waals surface area contributed by atoms with E-state index in [0.29, 0.717) is 6.54 Å². The fourth-order valence-corrected chi connectivity index (χ4v) is 2.30. The number of nitrogens with zero attached hydrogens (tertiary/aromatic N) is 1. The van der Waals surface area contributed by atoms with E-state index in [9.17, 15) is 0 Å². The summed E-state index contributed by atoms with van der Waals surface area (Å²) in [7, 11) is 2.19. The topological polar surface area (TPSA) is 29.3 Å². The van der Waals surface area contributed by atoms with Crippen molar-refractivity contribution in [2.45, 2.75) is 46.1 Å². The van der Waals surface area contributed by atoms with E-state index in [-0.39, 0.29) is 0 Å². The van der Waals surface area contributed by atoms with E-state index >= 15 is 0 Å². The van der Waals surface area contributed by atoms with Gasteiger partial charge in [0.1, 0.15) is 0 Å². The second-order valence-corrected chi connectivity index (χ2v) is 5.17. The fraction of sp³-hybridized carbons (Fsp3) is 0.625. The van der Waals surface area contributed by atoms with Crippen LogP contribution in [0.15, 0.2) is 24.3 Å². The van der Waals surface area contributed by atoms with Gasteiger partial charge in [0.2, 0.25) is 0 Å². The van der Waals surface area contributed by atoms with Crippen LogP contribution in [0.3, 0.4) is 0 Å². The Morgan fingerprint density at radius 2 is 1.83 bits per heavy atom. The molecular weight excluding hydrogens is 220 g/mol. The Hall–Kier alpha value is -1.02. The highest BCUT2D eigenvalue weighted by atomic mass is 15.1. The molecule has 0 aliphatic heterocycles. The van der Waals surface area contributed by atoms with Crippen LogP contribution in [0.1, 0.15) is 45.1 Å². The van der Waals surface area contributed by atoms with Gasteiger partial charge in [-0.25, -0.2) is 0 Å². The van der Waals surface area contributed by atoms with Crippen molar-refractivity contribution >= 4 is 5.69 Å². The van der Waals surface area contributed by atoms with Crippen LogP contribution >= 0.6 is 0 Å². The minimum atomic E-state index is 0.623. The molecule has 1 unspecified atom stereocenters. The molecule has 0 aliphatic carbocycles. The average Bonchev–Trinajstić information content (AvgIpc) is 2.43. The predicted octanol–water partition coefficient (Wildman–Crippen LogP) is 3.80. The number of hydrogen-bond donors (Lipinski definition) is 1. The van der Waals surface area contributed by atoms with Gasteiger partial charge < -0.3 is 10.6 Å². The van der Waals surface area contributed by atoms with Crippen molar-refractivity contribution in [2.75, 3.05) is 18.5 Å². The van der Waals surface area contributed by atoms with Gasteiger partial charge in [0.25, 0.3) is 0 Å². The summed E-state index contributed by atoms with van der Waals surface area (Å²) in [6.07, 6.45) is 5.26. The quantitative estimate of drug-likeness (QED) is 0.758. The van der Waals surface area contributed by atoms with Gasteiger partial charge in [0.05, 0.1) is 0 Å². The van der Waals surface area contributed by atoms with Crippen LogP contribution in [-0.4, -0.2) is 13.6 Å². The molecule has 102 valence electrons. The third kappa shape index (κ3) is 4.69. The van der Waals surface area contributed by atoms with Crippen molar-refractivity contribution in [3.05, 3.63) is 29.8 Å². The first kappa shape index (κ1) is 15.0. The van der Waals surface area contributed by atoms with Crippen molar-refractivity contribution in [2.24, 2.45) is 11.7 Å². The standard InChI is InChI=1S/C16H28N2/c1-4-6-7-14(5-2)13-18(3)16-10-8-15(12-17)9-11-16/h8-11,14H,4-7,12-13,17H2,1-3H3. The number of hydrogen-bond acceptors (Lipinski definition) is 2. The molecule has 0 bridgehead atoms. The second-order valence-electron chi connectivity index (χ2n) is 5.17. The van der Waals surface area contributed by atoms with Crippen molar-refractivity contribution in [1.82, 2.24) is 0 Å². The lowest BCUT2D eigenvalue weighted by molar-refractivity contribution is 0.454. The molecule has 18 heavy (non-hydrogen) atoms. The molecule has 0 aliphatic rings. The lowest BCUT2D eigenvalue weighted by Gasteiger charge is -2.25. The number of benzene rings is 1. The summed E-state index contributed by atoms with van der Waals surface area (Å²) in [6, 6.07) is 8.60. The minimum Gasteiger partial charge on any atom is -0.374 e. The van der Waals surface area contributed by atoms with Gasteiger partial charge in [-0.15, -0.1) is 0 Å². The molecule has 0 saturated heterocycles. The highest BCUT2D eigenvalue weighted by Crippen LogP contribution is 2.19. The molecule has 0 heterocycles. The number of anilines is 1. The summed E-state index contributed by atoms with van der Waals surface area (Å²) in [5, 5.41) is 0. The third-order valence-electron chi connectivity index (χ3n) is 3.69. The van der Waals surface area contributed by atoms with Crippen molar-refractivity contribution < 1.29 is 0 Å². The summed E-state index contributed by atoms with van der Waals surface area (Å²) < 4.78 is 0. The lowest BCUT2D eigenvalue weighted by Crippen LogP contribution is -2.25. The van der Waals surface area contributed by atoms with E-state index in [1.807, 2.05) is 0 Å². The zero-order valence-corrected chi connectivity index (χ0v) is 12.2. The van der Waals surface area contributed by atoms with Gasteiger partial charge in [0.15, 0.2) is 0 Å². The summed E-state index contributed by atoms with van der Waals surface area (Å²) in [4.78, 5) is 2.37. The third-order valence-corrected chi connectivity index (χ3v) is 3.69. The normalized spacial score (nSPS) is 12.4. The predicted molar refractivity (Wildman–Crippen MR) is 80.9 cm³/mol. The summed E-state index contributed by atoms with van der Waals surface area (Å²) in [5.74, 6) is 0.809. The molecule has 0 fully saturated rings. The maximum Gasteiger partial charge on any atom is 0.0363 e. The Kier molecular flexibility index (Phi) is 6.81. The van der Waals surface area contributed by atoms with Crippen LogP contribution in [0.2, 0.25) is 0 Å². The van der Waals surface area contributed by atoms with Crippen LogP contribution in [0.25, 0.3) is 0 Å². The number of rotatable bonds is 8. The number of nitrogens with two attached hydrogens (primary N) is 1. The van der Waals surface area contributed by atoms with Crippen molar-refractivity contribution in [3.63, 3.8) is 0 Å². The van der Waals surface area contributed by atoms with Crippen LogP contribution < -0.4 is 10.6 Å². The van der Waals surface area contributed by atoms with E-state index in [4.69, 9.17) is 5.73 Å². The Balaban J connectivity index is 2.53. The van der Waals surface area contributed by atoms with Crippen LogP contribution in [-0.2, 0) is 6.54 Å². The zero-order valence-electron chi connectivity index (χ0n) is 12.2. The van der Waals surface area contributed by atoms with Gasteiger partial charge >= 0.3 is 0 Å². The Labute approximate surface area is 112 Å². The largest absolute Gasteiger partial charge is 0.374 e. The zero-order chi connectivity index (χ0) is 13.4. The maximum atomic E-state index is 5.62. The molecule has 0 amide bonds. The molecule has 0 spiro atoms. The van der Waals surface area contributed by atoms with Gasteiger partial charge in [0, 0.05) is 25.8 Å². The summed E-state index contributed by atoms with van der Waals surface area (Å²) in [6.45, 7) is 6.34. The molecule has 1 rings (SSSR count). The molecule has 0 radical (unpaired) electrons. The molecule has 1 atom stereocenters. The molecule has 2 nitrogen and oxygen atoms in total. The molecule has 2 N–H and O–H groups in total. The van der Waals surface area contributed by atoms with Crippen LogP contribution in [0.4, 0.5) is 5.69 Å². The van der Waals surface area contributed by atoms with E-state index < -0.39 is 0 Å². The van der Waals surface area contributed by atoms with Gasteiger partial charge in [-0.05, 0) is 30.0 Å². The SMILES string of the molecule is CCCCC(CC)CN(C)c1ccc(CN)cc1. The van der Waals surface area contributed by atoms with E-state index in [1.54, 1.807) is 0 Å². The molecular formula is C16H28N2. The highest BCUT2D eigenvalue weighted by molar-refractivity contribution is 5.46. The van der Waals surface area contributed by atoms with Gasteiger partial charge in [-0.3, -0.25) is 0 Å². The first-order chi connectivity index (χ1) is 8.71. The van der Waals surface area contributed by atoms with Gasteiger partial charge in [-0.2, -0.15) is 0 Å². The summed E-state index contributed by atoms with van der Waals surface area (Å²) >= 11 is 0. The Morgan fingerprint density at radius 1 is 1.17 bits per heavy atom. The Bertz CT molecular complexity index is 318. The minimum absolute atomic E-state index is 0.623. The fourth-order valence-electron chi connectivity index (χ4n) is 2.30. The van der Waals surface area contributed by atoms with Crippen LogP contribution in [0.5, 0.6) is 0 Å². The smallest absolute Gasteiger partial charge is 0.0363 e. The maximum absolute atomic E-state index is 5.62. The molecule has 1 aromatic carbocycles. The first-order valence-corrected chi connectivity index (χ1v) is 7.21. The first-order valence-electron chi connectivity index (χ1n) is 7.21. The molecule has 0 saturated carbocycles. The van der Waals surface area contributed by atoms with E-state index in [1.165, 1.54) is 36.9 Å². The Morgan fingerprint density at radius 3 is 2.33 bits per heavy atom. The van der Waals surface area contributed by atoms with E-state index in [2.05, 4.69) is 50.1 Å². The molecule has 2 heteroatoms. The monoisotopic (exact) mass is 248 g/mol. The van der Waals surface area contributed by atoms with Crippen molar-refractivity contribution in [1.29, 1.82) is 0 Å². The van der Waals surface area contributed by atoms with Gasteiger partial charge in [-0.1, -0.05) is 45.2 Å². The van der Waals surface area contributed by atoms with E-state index in [0.717, 1.165) is 12.5 Å². The second kappa shape index (κ2) is 8.15. The average molecular weight is 248 g/mol. The summed E-state index contributed by atoms with van der Waals surface area (Å²) in [5.41, 5.74) is 8.11. The highest BCUT2D eigenvalue weighted by Gasteiger charge is 2.09. The molecule has 0 aromatic heterocycles. The lowest BCUT2D eigenvalue weighted by atomic mass is 9.98. The van der Waals surface area contributed by atoms with Crippen molar-refractivity contribution in [3.8, 4) is 0 Å².